The Hall–Kier alpha value is -2.32. The summed E-state index contributed by atoms with van der Waals surface area (Å²) in [7, 11) is -3.58. The van der Waals surface area contributed by atoms with Crippen molar-refractivity contribution in [1.82, 2.24) is 9.62 Å². The van der Waals surface area contributed by atoms with Crippen molar-refractivity contribution in [2.75, 3.05) is 13.1 Å². The van der Waals surface area contributed by atoms with Crippen molar-refractivity contribution >= 4 is 15.9 Å². The third-order valence-electron chi connectivity index (χ3n) is 5.11. The van der Waals surface area contributed by atoms with E-state index in [1.165, 1.54) is 34.6 Å². The Bertz CT molecular complexity index is 970. The molecule has 1 N–H and O–H groups in total. The van der Waals surface area contributed by atoms with Crippen LogP contribution in [0.4, 0.5) is 8.78 Å². The van der Waals surface area contributed by atoms with E-state index in [0.29, 0.717) is 18.7 Å². The van der Waals surface area contributed by atoms with Crippen molar-refractivity contribution in [3.8, 4) is 0 Å². The van der Waals surface area contributed by atoms with Crippen LogP contribution in [0.5, 0.6) is 0 Å². The average molecular weight is 422 g/mol. The van der Waals surface area contributed by atoms with Crippen LogP contribution in [0, 0.1) is 11.6 Å². The van der Waals surface area contributed by atoms with Gasteiger partial charge in [0.15, 0.2) is 11.6 Å². The highest BCUT2D eigenvalue weighted by Gasteiger charge is 2.25. The van der Waals surface area contributed by atoms with Crippen LogP contribution in [0.15, 0.2) is 47.4 Å². The number of halogens is 2. The molecule has 1 saturated heterocycles. The maximum absolute atomic E-state index is 13.4. The molecule has 1 fully saturated rings. The zero-order chi connectivity index (χ0) is 21.0. The first kappa shape index (κ1) is 21.4. The summed E-state index contributed by atoms with van der Waals surface area (Å²) in [5.74, 6) is -2.36. The second-order valence-corrected chi connectivity index (χ2v) is 9.15. The molecule has 2 aromatic carbocycles. The fourth-order valence-electron chi connectivity index (χ4n) is 3.35. The summed E-state index contributed by atoms with van der Waals surface area (Å²) in [5.41, 5.74) is 0.715. The minimum absolute atomic E-state index is 0.157. The largest absolute Gasteiger partial charge is 0.346 e. The number of nitrogens with one attached hydrogen (secondary N) is 1. The molecule has 5 nitrogen and oxygen atoms in total. The molecule has 1 heterocycles. The highest BCUT2D eigenvalue weighted by molar-refractivity contribution is 7.89. The van der Waals surface area contributed by atoms with Crippen LogP contribution in [-0.4, -0.2) is 31.7 Å². The van der Waals surface area contributed by atoms with Crippen LogP contribution in [0.1, 0.15) is 54.6 Å². The van der Waals surface area contributed by atoms with Crippen molar-refractivity contribution in [2.24, 2.45) is 0 Å². The highest BCUT2D eigenvalue weighted by atomic mass is 32.2. The first-order valence-corrected chi connectivity index (χ1v) is 11.1. The Morgan fingerprint density at radius 1 is 0.966 bits per heavy atom. The van der Waals surface area contributed by atoms with Crippen LogP contribution in [0.3, 0.4) is 0 Å². The van der Waals surface area contributed by atoms with Gasteiger partial charge in [-0.15, -0.1) is 0 Å². The van der Waals surface area contributed by atoms with E-state index in [1.807, 2.05) is 0 Å². The normalized spacial score (nSPS) is 16.8. The van der Waals surface area contributed by atoms with Gasteiger partial charge in [-0.1, -0.05) is 18.9 Å². The van der Waals surface area contributed by atoms with Gasteiger partial charge in [0.05, 0.1) is 10.9 Å². The topological polar surface area (TPSA) is 66.5 Å². The number of nitrogens with zero attached hydrogens (tertiary/aromatic N) is 1. The molecule has 0 aliphatic carbocycles. The lowest BCUT2D eigenvalue weighted by atomic mass is 10.1. The second kappa shape index (κ2) is 9.00. The maximum atomic E-state index is 13.4. The first-order valence-electron chi connectivity index (χ1n) is 9.65. The van der Waals surface area contributed by atoms with Crippen LogP contribution >= 0.6 is 0 Å². The van der Waals surface area contributed by atoms with Crippen LogP contribution < -0.4 is 5.32 Å². The molecular weight excluding hydrogens is 398 g/mol. The zero-order valence-corrected chi connectivity index (χ0v) is 17.0. The molecule has 29 heavy (non-hydrogen) atoms. The second-order valence-electron chi connectivity index (χ2n) is 7.21. The van der Waals surface area contributed by atoms with E-state index in [4.69, 9.17) is 0 Å². The Balaban J connectivity index is 1.70. The number of sulfonamides is 1. The predicted octanol–water partition coefficient (Wildman–Crippen LogP) is 4.02. The highest BCUT2D eigenvalue weighted by Crippen LogP contribution is 2.21. The van der Waals surface area contributed by atoms with E-state index in [2.05, 4.69) is 5.32 Å². The molecule has 0 aromatic heterocycles. The number of hydrogen-bond donors (Lipinski definition) is 1. The van der Waals surface area contributed by atoms with E-state index < -0.39 is 33.6 Å². The lowest BCUT2D eigenvalue weighted by Gasteiger charge is -2.20. The summed E-state index contributed by atoms with van der Waals surface area (Å²) in [4.78, 5) is 12.6. The van der Waals surface area contributed by atoms with E-state index in [1.54, 1.807) is 6.92 Å². The molecule has 156 valence electrons. The number of benzene rings is 2. The summed E-state index contributed by atoms with van der Waals surface area (Å²) < 4.78 is 53.6. The fourth-order valence-corrected chi connectivity index (χ4v) is 4.87. The van der Waals surface area contributed by atoms with E-state index in [9.17, 15) is 22.0 Å². The molecule has 1 amide bonds. The minimum Gasteiger partial charge on any atom is -0.346 e. The lowest BCUT2D eigenvalue weighted by Crippen LogP contribution is -2.32. The SMILES string of the molecule is CC(NC(=O)c1ccc(S(=O)(=O)N2CCCCCC2)cc1)c1ccc(F)c(F)c1. The summed E-state index contributed by atoms with van der Waals surface area (Å²) in [5, 5.41) is 2.70. The standard InChI is InChI=1S/C21H24F2N2O3S/c1-15(17-8-11-19(22)20(23)14-17)24-21(26)16-6-9-18(10-7-16)29(27,28)25-12-4-2-3-5-13-25/h6-11,14-15H,2-5,12-13H2,1H3,(H,24,26). The average Bonchev–Trinajstić information content (AvgIpc) is 3.00. The summed E-state index contributed by atoms with van der Waals surface area (Å²) in [6.07, 6.45) is 3.76. The predicted molar refractivity (Wildman–Crippen MR) is 106 cm³/mol. The van der Waals surface area contributed by atoms with Crippen molar-refractivity contribution in [3.63, 3.8) is 0 Å². The van der Waals surface area contributed by atoms with Gasteiger partial charge in [0, 0.05) is 18.7 Å². The Morgan fingerprint density at radius 2 is 1.59 bits per heavy atom. The van der Waals surface area contributed by atoms with Gasteiger partial charge >= 0.3 is 0 Å². The van der Waals surface area contributed by atoms with Crippen molar-refractivity contribution in [2.45, 2.75) is 43.5 Å². The monoisotopic (exact) mass is 422 g/mol. The number of hydrogen-bond acceptors (Lipinski definition) is 3. The Morgan fingerprint density at radius 3 is 2.17 bits per heavy atom. The van der Waals surface area contributed by atoms with E-state index >= 15 is 0 Å². The molecule has 1 aliphatic rings. The van der Waals surface area contributed by atoms with Gasteiger partial charge in [-0.3, -0.25) is 4.79 Å². The van der Waals surface area contributed by atoms with Gasteiger partial charge in [0.25, 0.3) is 5.91 Å². The first-order chi connectivity index (χ1) is 13.8. The molecule has 1 atom stereocenters. The minimum atomic E-state index is -3.58. The molecule has 3 rings (SSSR count). The maximum Gasteiger partial charge on any atom is 0.251 e. The molecule has 0 saturated carbocycles. The van der Waals surface area contributed by atoms with E-state index in [-0.39, 0.29) is 10.5 Å². The zero-order valence-electron chi connectivity index (χ0n) is 16.2. The molecule has 0 bridgehead atoms. The summed E-state index contributed by atoms with van der Waals surface area (Å²) in [6.45, 7) is 2.68. The summed E-state index contributed by atoms with van der Waals surface area (Å²) in [6, 6.07) is 8.68. The van der Waals surface area contributed by atoms with E-state index in [0.717, 1.165) is 37.8 Å². The molecule has 8 heteroatoms. The lowest BCUT2D eigenvalue weighted by molar-refractivity contribution is 0.0939. The van der Waals surface area contributed by atoms with Gasteiger partial charge < -0.3 is 5.32 Å². The number of rotatable bonds is 5. The number of carbonyl (C=O) groups is 1. The third-order valence-corrected chi connectivity index (χ3v) is 7.02. The molecule has 1 unspecified atom stereocenters. The van der Waals surface area contributed by atoms with Crippen molar-refractivity contribution in [3.05, 3.63) is 65.2 Å². The van der Waals surface area contributed by atoms with Crippen molar-refractivity contribution < 1.29 is 22.0 Å². The van der Waals surface area contributed by atoms with Gasteiger partial charge in [0.2, 0.25) is 10.0 Å². The van der Waals surface area contributed by atoms with Crippen LogP contribution in [0.2, 0.25) is 0 Å². The molecular formula is C21H24F2N2O3S. The molecule has 0 spiro atoms. The molecule has 1 aliphatic heterocycles. The Kier molecular flexibility index (Phi) is 6.64. The number of amides is 1. The van der Waals surface area contributed by atoms with Gasteiger partial charge in [0.1, 0.15) is 0 Å². The van der Waals surface area contributed by atoms with Gasteiger partial charge in [-0.25, -0.2) is 17.2 Å². The van der Waals surface area contributed by atoms with Crippen molar-refractivity contribution in [1.29, 1.82) is 0 Å². The van der Waals surface area contributed by atoms with Gasteiger partial charge in [-0.05, 0) is 61.7 Å². The smallest absolute Gasteiger partial charge is 0.251 e. The number of carbonyl (C=O) groups excluding carboxylic acids is 1. The van der Waals surface area contributed by atoms with Gasteiger partial charge in [-0.2, -0.15) is 4.31 Å². The summed E-state index contributed by atoms with van der Waals surface area (Å²) >= 11 is 0. The fraction of sp³-hybridized carbons (Fsp3) is 0.381. The Labute approximate surface area is 169 Å². The van der Waals surface area contributed by atoms with Crippen LogP contribution in [0.25, 0.3) is 0 Å². The molecule has 2 aromatic rings. The quantitative estimate of drug-likeness (QED) is 0.792. The molecule has 0 radical (unpaired) electrons. The van der Waals surface area contributed by atoms with Crippen LogP contribution in [-0.2, 0) is 10.0 Å². The third kappa shape index (κ3) is 5.00.